The molecule has 12 nitrogen and oxygen atoms in total. The number of hydrogen-bond acceptors (Lipinski definition) is 10. The molecule has 1 heterocycles. The number of aromatic nitrogens is 2. The number of urea groups is 1. The summed E-state index contributed by atoms with van der Waals surface area (Å²) < 4.78 is 63.9. The highest BCUT2D eigenvalue weighted by Crippen LogP contribution is 2.28. The van der Waals surface area contributed by atoms with Gasteiger partial charge in [0.1, 0.15) is 4.90 Å². The standard InChI is InChI=1S/C14H15ClN4O8S2/c1-25-11-7-12(26-2)17-13(16-11)18-14(20)19-29(23,24)10-6-8(15)4-5-9(10)27-28(3,21)22/h4-7H,1-3H3,(H2,16,17,18,19,20). The summed E-state index contributed by atoms with van der Waals surface area (Å²) in [7, 11) is -6.00. The lowest BCUT2D eigenvalue weighted by molar-refractivity contribution is 0.256. The molecule has 158 valence electrons. The Labute approximate surface area is 171 Å². The highest BCUT2D eigenvalue weighted by Gasteiger charge is 2.25. The van der Waals surface area contributed by atoms with Gasteiger partial charge in [-0.2, -0.15) is 18.4 Å². The number of carbonyl (C=O) groups excluding carboxylic acids is 1. The van der Waals surface area contributed by atoms with Crippen molar-refractivity contribution in [3.63, 3.8) is 0 Å². The molecule has 2 rings (SSSR count). The van der Waals surface area contributed by atoms with E-state index in [1.807, 2.05) is 0 Å². The van der Waals surface area contributed by atoms with E-state index in [0.717, 1.165) is 18.4 Å². The van der Waals surface area contributed by atoms with Gasteiger partial charge < -0.3 is 13.7 Å². The largest absolute Gasteiger partial charge is 0.481 e. The van der Waals surface area contributed by atoms with E-state index in [2.05, 4.69) is 19.5 Å². The van der Waals surface area contributed by atoms with Gasteiger partial charge in [-0.15, -0.1) is 0 Å². The third kappa shape index (κ3) is 6.33. The van der Waals surface area contributed by atoms with Crippen LogP contribution in [0.3, 0.4) is 0 Å². The van der Waals surface area contributed by atoms with E-state index >= 15 is 0 Å². The van der Waals surface area contributed by atoms with Gasteiger partial charge in [-0.3, -0.25) is 5.32 Å². The molecule has 0 unspecified atom stereocenters. The van der Waals surface area contributed by atoms with Gasteiger partial charge in [0, 0.05) is 5.02 Å². The van der Waals surface area contributed by atoms with E-state index < -0.39 is 36.8 Å². The maximum absolute atomic E-state index is 12.5. The number of nitrogens with one attached hydrogen (secondary N) is 2. The molecular weight excluding hydrogens is 452 g/mol. The van der Waals surface area contributed by atoms with Gasteiger partial charge in [0.2, 0.25) is 17.7 Å². The van der Waals surface area contributed by atoms with Gasteiger partial charge in [0.15, 0.2) is 5.75 Å². The van der Waals surface area contributed by atoms with Gasteiger partial charge >= 0.3 is 16.1 Å². The van der Waals surface area contributed by atoms with E-state index in [-0.39, 0.29) is 22.7 Å². The van der Waals surface area contributed by atoms with Gasteiger partial charge in [-0.25, -0.2) is 17.9 Å². The third-order valence-corrected chi connectivity index (χ3v) is 5.06. The van der Waals surface area contributed by atoms with Gasteiger partial charge in [0.25, 0.3) is 10.0 Å². The number of nitrogens with zero attached hydrogens (tertiary/aromatic N) is 2. The lowest BCUT2D eigenvalue weighted by atomic mass is 10.3. The minimum atomic E-state index is -4.59. The Bertz CT molecular complexity index is 1120. The smallest absolute Gasteiger partial charge is 0.335 e. The number of carbonyl (C=O) groups is 1. The summed E-state index contributed by atoms with van der Waals surface area (Å²) in [6.07, 6.45) is 0.728. The molecule has 29 heavy (non-hydrogen) atoms. The van der Waals surface area contributed by atoms with Crippen LogP contribution in [0.2, 0.25) is 5.02 Å². The van der Waals surface area contributed by atoms with E-state index in [0.29, 0.717) is 0 Å². The molecule has 0 bridgehead atoms. The molecule has 15 heteroatoms. The van der Waals surface area contributed by atoms with E-state index in [4.69, 9.17) is 21.1 Å². The quantitative estimate of drug-likeness (QED) is 0.562. The van der Waals surface area contributed by atoms with Crippen LogP contribution in [0.15, 0.2) is 29.2 Å². The molecule has 2 aromatic rings. The summed E-state index contributed by atoms with van der Waals surface area (Å²) in [5.41, 5.74) is 0. The van der Waals surface area contributed by atoms with Crippen LogP contribution in [0.1, 0.15) is 0 Å². The van der Waals surface area contributed by atoms with E-state index in [1.54, 1.807) is 4.72 Å². The van der Waals surface area contributed by atoms with Crippen molar-refractivity contribution in [2.24, 2.45) is 0 Å². The first kappa shape index (κ1) is 22.4. The zero-order valence-corrected chi connectivity index (χ0v) is 17.6. The number of halogens is 1. The highest BCUT2D eigenvalue weighted by molar-refractivity contribution is 7.90. The van der Waals surface area contributed by atoms with Gasteiger partial charge in [-0.05, 0) is 18.2 Å². The number of amides is 2. The van der Waals surface area contributed by atoms with Gasteiger partial charge in [-0.1, -0.05) is 11.6 Å². The molecule has 0 aliphatic heterocycles. The highest BCUT2D eigenvalue weighted by atomic mass is 35.5. The predicted molar refractivity (Wildman–Crippen MR) is 101 cm³/mol. The Morgan fingerprint density at radius 2 is 1.62 bits per heavy atom. The topological polar surface area (TPSA) is 163 Å². The number of methoxy groups -OCH3 is 2. The molecule has 0 saturated heterocycles. The summed E-state index contributed by atoms with van der Waals surface area (Å²) in [5.74, 6) is -0.758. The molecule has 0 saturated carbocycles. The van der Waals surface area contributed by atoms with Crippen molar-refractivity contribution < 1.29 is 35.3 Å². The van der Waals surface area contributed by atoms with E-state index in [1.165, 1.54) is 26.4 Å². The first-order valence-electron chi connectivity index (χ1n) is 7.43. The fourth-order valence-corrected chi connectivity index (χ4v) is 3.72. The average Bonchev–Trinajstić information content (AvgIpc) is 2.61. The van der Waals surface area contributed by atoms with Crippen molar-refractivity contribution in [2.75, 3.05) is 25.8 Å². The minimum absolute atomic E-state index is 0.0347. The van der Waals surface area contributed by atoms with Crippen molar-refractivity contribution in [1.82, 2.24) is 14.7 Å². The fraction of sp³-hybridized carbons (Fsp3) is 0.214. The molecule has 0 fully saturated rings. The molecule has 0 spiro atoms. The molecule has 1 aromatic heterocycles. The Morgan fingerprint density at radius 3 is 2.14 bits per heavy atom. The Balaban J connectivity index is 2.30. The zero-order valence-electron chi connectivity index (χ0n) is 15.2. The van der Waals surface area contributed by atoms with Crippen LogP contribution in [-0.2, 0) is 20.1 Å². The number of ether oxygens (including phenoxy) is 2. The van der Waals surface area contributed by atoms with Crippen molar-refractivity contribution in [3.8, 4) is 17.5 Å². The first-order chi connectivity index (χ1) is 13.4. The number of sulfonamides is 1. The summed E-state index contributed by atoms with van der Waals surface area (Å²) in [4.78, 5) is 19.1. The molecule has 2 N–H and O–H groups in total. The number of hydrogen-bond donors (Lipinski definition) is 2. The van der Waals surface area contributed by atoms with Crippen molar-refractivity contribution >= 4 is 43.7 Å². The van der Waals surface area contributed by atoms with Crippen LogP contribution in [0.5, 0.6) is 17.5 Å². The number of anilines is 1. The SMILES string of the molecule is COc1cc(OC)nc(NC(=O)NS(=O)(=O)c2cc(Cl)ccc2OS(C)(=O)=O)n1. The van der Waals surface area contributed by atoms with Crippen molar-refractivity contribution in [1.29, 1.82) is 0 Å². The second-order valence-electron chi connectivity index (χ2n) is 5.21. The lowest BCUT2D eigenvalue weighted by Crippen LogP contribution is -2.35. The lowest BCUT2D eigenvalue weighted by Gasteiger charge is -2.12. The summed E-state index contributed by atoms with van der Waals surface area (Å²) in [6.45, 7) is 0. The maximum atomic E-state index is 12.5. The average molecular weight is 467 g/mol. The van der Waals surface area contributed by atoms with Crippen molar-refractivity contribution in [3.05, 3.63) is 29.3 Å². The van der Waals surface area contributed by atoms with Crippen LogP contribution in [0.25, 0.3) is 0 Å². The molecular formula is C14H15ClN4O8S2. The Morgan fingerprint density at radius 1 is 1.03 bits per heavy atom. The number of rotatable bonds is 7. The Hall–Kier alpha value is -2.84. The summed E-state index contributed by atoms with van der Waals surface area (Å²) in [5, 5.41) is 2.06. The fourth-order valence-electron chi connectivity index (χ4n) is 1.90. The van der Waals surface area contributed by atoms with Crippen LogP contribution in [0, 0.1) is 0 Å². The summed E-state index contributed by atoms with van der Waals surface area (Å²) in [6, 6.07) is 3.26. The van der Waals surface area contributed by atoms with Gasteiger partial charge in [0.05, 0.1) is 26.5 Å². The zero-order chi connectivity index (χ0) is 21.8. The normalized spacial score (nSPS) is 11.4. The predicted octanol–water partition coefficient (Wildman–Crippen LogP) is 0.996. The van der Waals surface area contributed by atoms with Crippen LogP contribution < -0.4 is 23.7 Å². The Kier molecular flexibility index (Phi) is 6.71. The van der Waals surface area contributed by atoms with Crippen LogP contribution in [0.4, 0.5) is 10.7 Å². The maximum Gasteiger partial charge on any atom is 0.335 e. The number of benzene rings is 1. The molecule has 1 aromatic carbocycles. The first-order valence-corrected chi connectivity index (χ1v) is 11.1. The second kappa shape index (κ2) is 8.67. The molecule has 2 amide bonds. The molecule has 0 atom stereocenters. The van der Waals surface area contributed by atoms with Crippen molar-refractivity contribution in [2.45, 2.75) is 4.90 Å². The molecule has 0 radical (unpaired) electrons. The minimum Gasteiger partial charge on any atom is -0.481 e. The molecule has 0 aliphatic rings. The third-order valence-electron chi connectivity index (χ3n) is 2.99. The second-order valence-corrected chi connectivity index (χ2v) is 8.88. The molecule has 0 aliphatic carbocycles. The monoisotopic (exact) mass is 466 g/mol. The van der Waals surface area contributed by atoms with Crippen LogP contribution in [-0.4, -0.2) is 53.3 Å². The summed E-state index contributed by atoms with van der Waals surface area (Å²) >= 11 is 5.78. The van der Waals surface area contributed by atoms with E-state index in [9.17, 15) is 21.6 Å². The van der Waals surface area contributed by atoms with Crippen LogP contribution >= 0.6 is 11.6 Å².